The summed E-state index contributed by atoms with van der Waals surface area (Å²) in [6.07, 6.45) is -4.66. The lowest BCUT2D eigenvalue weighted by Gasteiger charge is -2.42. The fourth-order valence-electron chi connectivity index (χ4n) is 2.96. The average Bonchev–Trinajstić information content (AvgIpc) is 2.46. The maximum Gasteiger partial charge on any atom is 0.573 e. The maximum absolute atomic E-state index is 12.2. The second-order valence-electron chi connectivity index (χ2n) is 5.72. The van der Waals surface area contributed by atoms with Gasteiger partial charge >= 0.3 is 14.0 Å². The Morgan fingerprint density at radius 3 is 2.39 bits per heavy atom. The summed E-state index contributed by atoms with van der Waals surface area (Å²) < 4.78 is 45.5. The summed E-state index contributed by atoms with van der Waals surface area (Å²) in [5.41, 5.74) is 0.968. The Balaban J connectivity index is 1.99. The Morgan fingerprint density at radius 2 is 1.87 bits per heavy atom. The third kappa shape index (κ3) is 5.12. The van der Waals surface area contributed by atoms with Crippen molar-refractivity contribution in [1.29, 1.82) is 0 Å². The fourth-order valence-corrected chi connectivity index (χ4v) is 2.96. The Morgan fingerprint density at radius 1 is 1.22 bits per heavy atom. The highest BCUT2D eigenvalue weighted by Gasteiger charge is 2.31. The van der Waals surface area contributed by atoms with E-state index in [2.05, 4.69) is 28.3 Å². The molecule has 1 fully saturated rings. The van der Waals surface area contributed by atoms with Crippen LogP contribution < -0.4 is 4.74 Å². The van der Waals surface area contributed by atoms with E-state index in [1.807, 2.05) is 0 Å². The first-order chi connectivity index (χ1) is 10.8. The van der Waals surface area contributed by atoms with Gasteiger partial charge < -0.3 is 14.2 Å². The Labute approximate surface area is 135 Å². The van der Waals surface area contributed by atoms with Gasteiger partial charge in [-0.3, -0.25) is 4.90 Å². The minimum atomic E-state index is -4.66. The van der Waals surface area contributed by atoms with Crippen molar-refractivity contribution >= 4 is 7.62 Å². The second-order valence-corrected chi connectivity index (χ2v) is 5.72. The highest BCUT2D eigenvalue weighted by molar-refractivity contribution is 6.23. The van der Waals surface area contributed by atoms with Gasteiger partial charge in [0.25, 0.3) is 0 Å². The zero-order chi connectivity index (χ0) is 17.0. The van der Waals surface area contributed by atoms with Crippen LogP contribution in [-0.2, 0) is 4.65 Å². The molecule has 1 radical (unpaired) electrons. The summed E-state index contributed by atoms with van der Waals surface area (Å²) in [7, 11) is 3.35. The van der Waals surface area contributed by atoms with Gasteiger partial charge in [0, 0.05) is 38.8 Å². The average molecular weight is 329 g/mol. The number of hydrogen-bond acceptors (Lipinski definition) is 4. The number of nitrogens with zero attached hydrogens (tertiary/aromatic N) is 2. The van der Waals surface area contributed by atoms with E-state index in [1.54, 1.807) is 26.9 Å². The lowest BCUT2D eigenvalue weighted by atomic mass is 10.0. The van der Waals surface area contributed by atoms with Crippen LogP contribution in [-0.4, -0.2) is 56.5 Å². The van der Waals surface area contributed by atoms with Crippen molar-refractivity contribution in [2.45, 2.75) is 32.3 Å². The molecule has 1 saturated heterocycles. The third-order valence-corrected chi connectivity index (χ3v) is 4.06. The molecule has 0 spiro atoms. The number of ether oxygens (including phenoxy) is 1. The summed E-state index contributed by atoms with van der Waals surface area (Å²) in [5, 5.41) is 0. The Kier molecular flexibility index (Phi) is 5.94. The lowest BCUT2D eigenvalue weighted by molar-refractivity contribution is -0.274. The normalized spacial score (nSPS) is 21.9. The van der Waals surface area contributed by atoms with Crippen molar-refractivity contribution in [3.63, 3.8) is 0 Å². The molecule has 0 unspecified atom stereocenters. The van der Waals surface area contributed by atoms with Crippen LogP contribution in [0.4, 0.5) is 13.2 Å². The van der Waals surface area contributed by atoms with Crippen LogP contribution in [0.5, 0.6) is 5.75 Å². The van der Waals surface area contributed by atoms with E-state index in [4.69, 9.17) is 4.65 Å². The van der Waals surface area contributed by atoms with Gasteiger partial charge in [0.15, 0.2) is 0 Å². The van der Waals surface area contributed by atoms with Gasteiger partial charge in [0.05, 0.1) is 0 Å². The third-order valence-electron chi connectivity index (χ3n) is 4.06. The molecule has 0 saturated carbocycles. The summed E-state index contributed by atoms with van der Waals surface area (Å²) in [6, 6.07) is 6.53. The monoisotopic (exact) mass is 329 g/mol. The molecule has 1 aromatic carbocycles. The second kappa shape index (κ2) is 7.55. The number of hydrogen-bond donors (Lipinski definition) is 0. The minimum Gasteiger partial charge on any atom is -0.427 e. The van der Waals surface area contributed by atoms with E-state index < -0.39 is 6.36 Å². The summed E-state index contributed by atoms with van der Waals surface area (Å²) in [5.74, 6) is -0.194. The Bertz CT molecular complexity index is 498. The molecule has 0 bridgehead atoms. The number of halogens is 3. The Hall–Kier alpha value is -1.25. The minimum absolute atomic E-state index is 0.120. The quantitative estimate of drug-likeness (QED) is 0.776. The number of piperazine rings is 1. The molecule has 127 valence electrons. The van der Waals surface area contributed by atoms with E-state index in [0.717, 1.165) is 25.2 Å². The number of alkyl halides is 3. The molecule has 0 N–H and O–H groups in total. The molecule has 1 aliphatic rings. The van der Waals surface area contributed by atoms with Crippen LogP contribution in [0.2, 0.25) is 0 Å². The van der Waals surface area contributed by atoms with Crippen molar-refractivity contribution < 1.29 is 22.6 Å². The van der Waals surface area contributed by atoms with E-state index in [9.17, 15) is 13.2 Å². The van der Waals surface area contributed by atoms with Gasteiger partial charge in [-0.2, -0.15) is 0 Å². The summed E-state index contributed by atoms with van der Waals surface area (Å²) in [6.45, 7) is 6.77. The zero-order valence-corrected chi connectivity index (χ0v) is 13.5. The molecule has 4 nitrogen and oxygen atoms in total. The molecular formula is C15H21BF3N2O2. The van der Waals surface area contributed by atoms with Crippen LogP contribution in [0, 0.1) is 0 Å². The lowest BCUT2D eigenvalue weighted by Crippen LogP contribution is -2.53. The van der Waals surface area contributed by atoms with Gasteiger partial charge in [-0.15, -0.1) is 13.2 Å². The van der Waals surface area contributed by atoms with Crippen LogP contribution in [0.25, 0.3) is 0 Å². The van der Waals surface area contributed by atoms with Crippen LogP contribution in [0.15, 0.2) is 24.3 Å². The van der Waals surface area contributed by atoms with Crippen molar-refractivity contribution in [2.75, 3.05) is 26.7 Å². The number of benzene rings is 1. The van der Waals surface area contributed by atoms with Gasteiger partial charge in [0.1, 0.15) is 5.75 Å². The highest BCUT2D eigenvalue weighted by atomic mass is 19.4. The molecule has 1 aliphatic heterocycles. The summed E-state index contributed by atoms with van der Waals surface area (Å²) in [4.78, 5) is 4.45. The summed E-state index contributed by atoms with van der Waals surface area (Å²) >= 11 is 0. The van der Waals surface area contributed by atoms with Gasteiger partial charge in [-0.05, 0) is 31.5 Å². The maximum atomic E-state index is 12.2. The first-order valence-corrected chi connectivity index (χ1v) is 7.52. The molecule has 1 aromatic rings. The van der Waals surface area contributed by atoms with Gasteiger partial charge in [-0.25, -0.2) is 0 Å². The van der Waals surface area contributed by atoms with Crippen LogP contribution >= 0.6 is 0 Å². The van der Waals surface area contributed by atoms with Crippen molar-refractivity contribution in [2.24, 2.45) is 0 Å². The predicted molar refractivity (Wildman–Crippen MR) is 82.0 cm³/mol. The van der Waals surface area contributed by atoms with Crippen molar-refractivity contribution in [3.8, 4) is 5.75 Å². The highest BCUT2D eigenvalue weighted by Crippen LogP contribution is 2.28. The predicted octanol–water partition coefficient (Wildman–Crippen LogP) is 2.83. The molecule has 2 rings (SSSR count). The zero-order valence-electron chi connectivity index (χ0n) is 13.5. The van der Waals surface area contributed by atoms with Crippen molar-refractivity contribution in [1.82, 2.24) is 9.71 Å². The molecule has 1 heterocycles. The topological polar surface area (TPSA) is 24.9 Å². The molecule has 8 heteroatoms. The molecule has 0 aliphatic carbocycles. The van der Waals surface area contributed by atoms with Gasteiger partial charge in [-0.1, -0.05) is 12.1 Å². The molecule has 23 heavy (non-hydrogen) atoms. The van der Waals surface area contributed by atoms with E-state index >= 15 is 0 Å². The van der Waals surface area contributed by atoms with Crippen molar-refractivity contribution in [3.05, 3.63) is 29.8 Å². The van der Waals surface area contributed by atoms with Crippen LogP contribution in [0.1, 0.15) is 25.5 Å². The van der Waals surface area contributed by atoms with E-state index in [1.165, 1.54) is 12.1 Å². The fraction of sp³-hybridized carbons (Fsp3) is 0.600. The standard InChI is InChI=1S/C15H21BF3N2O2/c1-11-10-20(16-22-3)8-9-21(11)12(2)13-4-6-14(7-5-13)23-15(17,18)19/h4-7,11-12H,8-10H2,1-3H3/t11-,12-/m0/s1. The van der Waals surface area contributed by atoms with E-state index in [-0.39, 0.29) is 11.8 Å². The molecule has 0 amide bonds. The first-order valence-electron chi connectivity index (χ1n) is 7.52. The SMILES string of the molecule is CO[B]N1CCN([C@@H](C)c2ccc(OC(F)(F)F)cc2)[C@@H](C)C1. The van der Waals surface area contributed by atoms with Gasteiger partial charge in [0.2, 0.25) is 0 Å². The van der Waals surface area contributed by atoms with Crippen LogP contribution in [0.3, 0.4) is 0 Å². The smallest absolute Gasteiger partial charge is 0.427 e. The largest absolute Gasteiger partial charge is 0.573 e. The number of rotatable bonds is 5. The molecular weight excluding hydrogens is 308 g/mol. The molecule has 0 aromatic heterocycles. The first kappa shape index (κ1) is 18.1. The molecule has 2 atom stereocenters. The van der Waals surface area contributed by atoms with E-state index in [0.29, 0.717) is 6.04 Å².